The SMILES string of the molecule is COc1ccc(C2CNC(=O)C2)cc1OC1CCCC1.COc1ccc([C@@H]2CC(=O)N(Cc3cccc(F)c3F)C2)cc1OC1CCCC1. The van der Waals surface area contributed by atoms with Crippen LogP contribution >= 0.6 is 0 Å². The molecule has 4 fully saturated rings. The molecule has 3 aromatic carbocycles. The maximum absolute atomic E-state index is 14.0. The van der Waals surface area contributed by atoms with Crippen LogP contribution in [-0.2, 0) is 16.1 Å². The Bertz CT molecular complexity index is 1620. The molecule has 2 atom stereocenters. The van der Waals surface area contributed by atoms with E-state index in [1.54, 1.807) is 19.1 Å². The summed E-state index contributed by atoms with van der Waals surface area (Å²) in [6.45, 7) is 1.25. The molecule has 2 saturated heterocycles. The van der Waals surface area contributed by atoms with Gasteiger partial charge >= 0.3 is 0 Å². The van der Waals surface area contributed by atoms with Gasteiger partial charge in [-0.25, -0.2) is 8.78 Å². The monoisotopic (exact) mass is 676 g/mol. The third-order valence-electron chi connectivity index (χ3n) is 10.1. The van der Waals surface area contributed by atoms with E-state index in [1.807, 2.05) is 36.4 Å². The van der Waals surface area contributed by atoms with Crippen LogP contribution < -0.4 is 24.3 Å². The smallest absolute Gasteiger partial charge is 0.223 e. The number of nitrogens with zero attached hydrogens (tertiary/aromatic N) is 1. The number of hydrogen-bond acceptors (Lipinski definition) is 6. The number of hydrogen-bond donors (Lipinski definition) is 1. The number of amides is 2. The fourth-order valence-corrected chi connectivity index (χ4v) is 7.32. The molecule has 2 aliphatic heterocycles. The van der Waals surface area contributed by atoms with Crippen molar-refractivity contribution >= 4 is 11.8 Å². The molecule has 2 heterocycles. The lowest BCUT2D eigenvalue weighted by atomic mass is 9.98. The van der Waals surface area contributed by atoms with Crippen LogP contribution in [0.3, 0.4) is 0 Å². The zero-order valence-corrected chi connectivity index (χ0v) is 28.4. The first-order chi connectivity index (χ1) is 23.8. The Labute approximate surface area is 287 Å². The first kappa shape index (κ1) is 34.5. The molecule has 10 heteroatoms. The van der Waals surface area contributed by atoms with Crippen molar-refractivity contribution in [3.05, 3.63) is 82.9 Å². The van der Waals surface area contributed by atoms with E-state index in [2.05, 4.69) is 5.32 Å². The van der Waals surface area contributed by atoms with Gasteiger partial charge in [-0.3, -0.25) is 9.59 Å². The normalized spacial score (nSPS) is 21.0. The summed E-state index contributed by atoms with van der Waals surface area (Å²) in [4.78, 5) is 25.4. The lowest BCUT2D eigenvalue weighted by molar-refractivity contribution is -0.128. The van der Waals surface area contributed by atoms with E-state index in [0.717, 1.165) is 54.4 Å². The van der Waals surface area contributed by atoms with Crippen LogP contribution in [0.1, 0.15) is 92.7 Å². The molecule has 2 saturated carbocycles. The number of carbonyl (C=O) groups excluding carboxylic acids is 2. The lowest BCUT2D eigenvalue weighted by Gasteiger charge is -2.19. The Hall–Kier alpha value is -4.34. The van der Waals surface area contributed by atoms with Crippen molar-refractivity contribution in [1.29, 1.82) is 0 Å². The molecule has 49 heavy (non-hydrogen) atoms. The van der Waals surface area contributed by atoms with Gasteiger partial charge < -0.3 is 29.2 Å². The highest BCUT2D eigenvalue weighted by Gasteiger charge is 2.32. The van der Waals surface area contributed by atoms with Crippen molar-refractivity contribution in [2.45, 2.75) is 94.8 Å². The van der Waals surface area contributed by atoms with Crippen LogP contribution in [0, 0.1) is 11.6 Å². The molecule has 0 bridgehead atoms. The third-order valence-corrected chi connectivity index (χ3v) is 10.1. The zero-order valence-electron chi connectivity index (χ0n) is 28.4. The molecule has 8 nitrogen and oxygen atoms in total. The van der Waals surface area contributed by atoms with E-state index in [4.69, 9.17) is 18.9 Å². The summed E-state index contributed by atoms with van der Waals surface area (Å²) in [5, 5.41) is 2.88. The van der Waals surface area contributed by atoms with Crippen molar-refractivity contribution in [1.82, 2.24) is 10.2 Å². The second-order valence-electron chi connectivity index (χ2n) is 13.5. The number of methoxy groups -OCH3 is 2. The van der Waals surface area contributed by atoms with Gasteiger partial charge in [0.05, 0.1) is 26.4 Å². The standard InChI is InChI=1S/C23H25F2NO3.C16H21NO3/c1-28-20-10-9-15(11-21(20)29-18-6-2-3-7-18)17-12-22(27)26(14-17)13-16-5-4-8-19(24)23(16)25;1-19-14-7-6-11(12-9-16(18)17-10-12)8-15(14)20-13-4-2-3-5-13/h4-5,8-11,17-18H,2-3,6-7,12-14H2,1H3;6-8,12-13H,2-5,9-10H2,1H3,(H,17,18)/t17-;/m1./s1. The molecule has 4 aliphatic rings. The predicted molar refractivity (Wildman–Crippen MR) is 181 cm³/mol. The Balaban J connectivity index is 0.000000182. The predicted octanol–water partition coefficient (Wildman–Crippen LogP) is 7.43. The number of halogens is 2. The fraction of sp³-hybridized carbons (Fsp3) is 0.487. The molecule has 1 unspecified atom stereocenters. The second kappa shape index (κ2) is 15.9. The molecular formula is C39H46F2N2O6. The summed E-state index contributed by atoms with van der Waals surface area (Å²) in [6.07, 6.45) is 10.6. The second-order valence-corrected chi connectivity index (χ2v) is 13.5. The first-order valence-corrected chi connectivity index (χ1v) is 17.5. The molecule has 0 radical (unpaired) electrons. The Morgan fingerprint density at radius 2 is 1.31 bits per heavy atom. The van der Waals surface area contributed by atoms with Crippen molar-refractivity contribution in [3.8, 4) is 23.0 Å². The average molecular weight is 677 g/mol. The molecule has 0 spiro atoms. The Morgan fingerprint density at radius 1 is 0.735 bits per heavy atom. The lowest BCUT2D eigenvalue weighted by Crippen LogP contribution is -2.25. The van der Waals surface area contributed by atoms with Gasteiger partial charge in [0, 0.05) is 49.9 Å². The van der Waals surface area contributed by atoms with E-state index in [0.29, 0.717) is 43.5 Å². The number of likely N-dealkylation sites (tertiary alicyclic amines) is 1. The zero-order chi connectivity index (χ0) is 34.3. The van der Waals surface area contributed by atoms with E-state index in [1.165, 1.54) is 37.8 Å². The Kier molecular flexibility index (Phi) is 11.2. The summed E-state index contributed by atoms with van der Waals surface area (Å²) in [5.74, 6) is 1.50. The maximum Gasteiger partial charge on any atom is 0.223 e. The van der Waals surface area contributed by atoms with Crippen molar-refractivity contribution in [3.63, 3.8) is 0 Å². The van der Waals surface area contributed by atoms with Gasteiger partial charge in [-0.2, -0.15) is 0 Å². The van der Waals surface area contributed by atoms with Crippen LogP contribution in [0.25, 0.3) is 0 Å². The van der Waals surface area contributed by atoms with Gasteiger partial charge in [0.1, 0.15) is 0 Å². The molecule has 3 aromatic rings. The molecule has 0 aromatic heterocycles. The summed E-state index contributed by atoms with van der Waals surface area (Å²) < 4.78 is 50.5. The first-order valence-electron chi connectivity index (χ1n) is 17.5. The molecule has 7 rings (SSSR count). The molecule has 2 amide bonds. The number of ether oxygens (including phenoxy) is 4. The van der Waals surface area contributed by atoms with Crippen molar-refractivity contribution in [2.24, 2.45) is 0 Å². The minimum Gasteiger partial charge on any atom is -0.493 e. The highest BCUT2D eigenvalue weighted by Crippen LogP contribution is 2.38. The van der Waals surface area contributed by atoms with Crippen molar-refractivity contribution in [2.75, 3.05) is 27.3 Å². The van der Waals surface area contributed by atoms with Crippen LogP contribution in [-0.4, -0.2) is 56.2 Å². The van der Waals surface area contributed by atoms with E-state index < -0.39 is 11.6 Å². The number of benzene rings is 3. The number of nitrogens with one attached hydrogen (secondary N) is 1. The summed E-state index contributed by atoms with van der Waals surface area (Å²) in [5.41, 5.74) is 2.34. The van der Waals surface area contributed by atoms with Gasteiger partial charge in [0.25, 0.3) is 0 Å². The van der Waals surface area contributed by atoms with Crippen LogP contribution in [0.2, 0.25) is 0 Å². The Morgan fingerprint density at radius 3 is 1.84 bits per heavy atom. The van der Waals surface area contributed by atoms with E-state index in [9.17, 15) is 18.4 Å². The fourth-order valence-electron chi connectivity index (χ4n) is 7.32. The van der Waals surface area contributed by atoms with E-state index >= 15 is 0 Å². The summed E-state index contributed by atoms with van der Waals surface area (Å²) in [7, 11) is 3.28. The minimum atomic E-state index is -0.894. The van der Waals surface area contributed by atoms with Gasteiger partial charge in [0.15, 0.2) is 34.6 Å². The van der Waals surface area contributed by atoms with Crippen molar-refractivity contribution < 1.29 is 37.3 Å². The van der Waals surface area contributed by atoms with E-state index in [-0.39, 0.29) is 41.9 Å². The number of rotatable bonds is 10. The molecule has 2 aliphatic carbocycles. The molecular weight excluding hydrogens is 630 g/mol. The highest BCUT2D eigenvalue weighted by molar-refractivity contribution is 5.80. The van der Waals surface area contributed by atoms with Gasteiger partial charge in [-0.1, -0.05) is 24.3 Å². The molecule has 262 valence electrons. The average Bonchev–Trinajstić information content (AvgIpc) is 3.94. The van der Waals surface area contributed by atoms with Gasteiger partial charge in [-0.15, -0.1) is 0 Å². The molecule has 1 N–H and O–H groups in total. The van der Waals surface area contributed by atoms with Gasteiger partial charge in [-0.05, 0) is 92.8 Å². The maximum atomic E-state index is 14.0. The highest BCUT2D eigenvalue weighted by atomic mass is 19.2. The van der Waals surface area contributed by atoms with Gasteiger partial charge in [0.2, 0.25) is 11.8 Å². The van der Waals surface area contributed by atoms with Crippen LogP contribution in [0.4, 0.5) is 8.78 Å². The van der Waals surface area contributed by atoms with Crippen LogP contribution in [0.5, 0.6) is 23.0 Å². The number of carbonyl (C=O) groups is 2. The third kappa shape index (κ3) is 8.46. The quantitative estimate of drug-likeness (QED) is 0.241. The van der Waals surface area contributed by atoms with Crippen LogP contribution in [0.15, 0.2) is 54.6 Å². The topological polar surface area (TPSA) is 86.3 Å². The summed E-state index contributed by atoms with van der Waals surface area (Å²) in [6, 6.07) is 15.9. The summed E-state index contributed by atoms with van der Waals surface area (Å²) >= 11 is 0. The largest absolute Gasteiger partial charge is 0.493 e. The minimum absolute atomic E-state index is 0.0176.